The van der Waals surface area contributed by atoms with Crippen LogP contribution in [0, 0.1) is 5.82 Å². The van der Waals surface area contributed by atoms with E-state index in [0.29, 0.717) is 0 Å². The van der Waals surface area contributed by atoms with Gasteiger partial charge in [-0.2, -0.15) is 0 Å². The minimum Gasteiger partial charge on any atom is -0.490 e. The van der Waals surface area contributed by atoms with Crippen LogP contribution in [0.2, 0.25) is 0 Å². The predicted molar refractivity (Wildman–Crippen MR) is 105 cm³/mol. The first kappa shape index (κ1) is 18.5. The van der Waals surface area contributed by atoms with Gasteiger partial charge in [0.2, 0.25) is 0 Å². The maximum Gasteiger partial charge on any atom is 0.494 e. The number of benzene rings is 2. The van der Waals surface area contributed by atoms with Crippen LogP contribution in [-0.4, -0.2) is 24.4 Å². The fourth-order valence-electron chi connectivity index (χ4n) is 3.62. The van der Waals surface area contributed by atoms with E-state index >= 15 is 0 Å². The van der Waals surface area contributed by atoms with Crippen LogP contribution in [0.15, 0.2) is 42.5 Å². The van der Waals surface area contributed by atoms with Crippen LogP contribution in [0.25, 0.3) is 0 Å². The summed E-state index contributed by atoms with van der Waals surface area (Å²) in [6, 6.07) is 12.9. The van der Waals surface area contributed by atoms with E-state index in [-0.39, 0.29) is 30.2 Å². The van der Waals surface area contributed by atoms with Gasteiger partial charge in [0.15, 0.2) is 0 Å². The first-order valence-electron chi connectivity index (χ1n) is 9.63. The Morgan fingerprint density at radius 1 is 1.00 bits per heavy atom. The SMILES string of the molecule is CC1(C)OB(c2ccc3c(c2)CC[C@@H](Cc2ccc(F)cc2)O3)OC1(C)C. The number of rotatable bonds is 3. The molecule has 0 radical (unpaired) electrons. The van der Waals surface area contributed by atoms with E-state index in [2.05, 4.69) is 33.8 Å². The summed E-state index contributed by atoms with van der Waals surface area (Å²) in [5.74, 6) is 0.720. The van der Waals surface area contributed by atoms with Crippen LogP contribution in [0.4, 0.5) is 4.39 Å². The average Bonchev–Trinajstić information content (AvgIpc) is 2.84. The maximum atomic E-state index is 13.1. The number of fused-ring (bicyclic) bond motifs is 1. The Morgan fingerprint density at radius 3 is 2.33 bits per heavy atom. The summed E-state index contributed by atoms with van der Waals surface area (Å²) in [6.45, 7) is 8.26. The molecule has 0 amide bonds. The molecule has 0 N–H and O–H groups in total. The highest BCUT2D eigenvalue weighted by molar-refractivity contribution is 6.62. The molecule has 1 fully saturated rings. The summed E-state index contributed by atoms with van der Waals surface area (Å²) in [5.41, 5.74) is 2.64. The fraction of sp³-hybridized carbons (Fsp3) is 0.455. The van der Waals surface area contributed by atoms with Gasteiger partial charge in [-0.05, 0) is 75.3 Å². The van der Waals surface area contributed by atoms with Crippen LogP contribution in [0.5, 0.6) is 5.75 Å². The van der Waals surface area contributed by atoms with Crippen LogP contribution >= 0.6 is 0 Å². The van der Waals surface area contributed by atoms with Crippen molar-refractivity contribution in [3.8, 4) is 5.75 Å². The Morgan fingerprint density at radius 2 is 1.67 bits per heavy atom. The number of hydrogen-bond acceptors (Lipinski definition) is 3. The summed E-state index contributed by atoms with van der Waals surface area (Å²) in [5, 5.41) is 0. The van der Waals surface area contributed by atoms with Crippen molar-refractivity contribution in [2.75, 3.05) is 0 Å². The van der Waals surface area contributed by atoms with E-state index in [9.17, 15) is 4.39 Å². The van der Waals surface area contributed by atoms with Crippen LogP contribution in [0.3, 0.4) is 0 Å². The second-order valence-electron chi connectivity index (χ2n) is 8.56. The molecule has 142 valence electrons. The molecule has 1 atom stereocenters. The number of ether oxygens (including phenoxy) is 1. The molecular formula is C22H26BFO3. The molecular weight excluding hydrogens is 342 g/mol. The Bertz CT molecular complexity index is 816. The highest BCUT2D eigenvalue weighted by atomic mass is 19.1. The third-order valence-corrected chi connectivity index (χ3v) is 6.02. The number of halogens is 1. The molecule has 2 aliphatic rings. The third-order valence-electron chi connectivity index (χ3n) is 6.02. The average molecular weight is 368 g/mol. The van der Waals surface area contributed by atoms with E-state index in [0.717, 1.165) is 36.0 Å². The van der Waals surface area contributed by atoms with Crippen molar-refractivity contribution in [3.63, 3.8) is 0 Å². The zero-order valence-corrected chi connectivity index (χ0v) is 16.4. The molecule has 0 bridgehead atoms. The number of hydrogen-bond donors (Lipinski definition) is 0. The van der Waals surface area contributed by atoms with Gasteiger partial charge in [-0.15, -0.1) is 0 Å². The third kappa shape index (κ3) is 3.63. The van der Waals surface area contributed by atoms with Gasteiger partial charge in [-0.25, -0.2) is 4.39 Å². The molecule has 2 heterocycles. The molecule has 0 aliphatic carbocycles. The molecule has 5 heteroatoms. The van der Waals surface area contributed by atoms with Crippen LogP contribution in [-0.2, 0) is 22.2 Å². The number of aryl methyl sites for hydroxylation is 1. The molecule has 0 saturated carbocycles. The molecule has 27 heavy (non-hydrogen) atoms. The molecule has 3 nitrogen and oxygen atoms in total. The summed E-state index contributed by atoms with van der Waals surface area (Å²) in [6.07, 6.45) is 2.80. The predicted octanol–water partition coefficient (Wildman–Crippen LogP) is 4.06. The van der Waals surface area contributed by atoms with E-state index < -0.39 is 0 Å². The largest absolute Gasteiger partial charge is 0.494 e. The van der Waals surface area contributed by atoms with Crippen molar-refractivity contribution >= 4 is 12.6 Å². The molecule has 2 aromatic carbocycles. The molecule has 0 unspecified atom stereocenters. The highest BCUT2D eigenvalue weighted by Crippen LogP contribution is 2.37. The summed E-state index contributed by atoms with van der Waals surface area (Å²) in [4.78, 5) is 0. The van der Waals surface area contributed by atoms with Crippen LogP contribution < -0.4 is 10.2 Å². The molecule has 0 spiro atoms. The summed E-state index contributed by atoms with van der Waals surface area (Å²) in [7, 11) is -0.350. The Labute approximate surface area is 161 Å². The van der Waals surface area contributed by atoms with Crippen molar-refractivity contribution in [2.24, 2.45) is 0 Å². The quantitative estimate of drug-likeness (QED) is 0.765. The van der Waals surface area contributed by atoms with Crippen molar-refractivity contribution in [2.45, 2.75) is 64.3 Å². The first-order chi connectivity index (χ1) is 12.7. The van der Waals surface area contributed by atoms with Gasteiger partial charge in [-0.3, -0.25) is 0 Å². The Hall–Kier alpha value is -1.85. The minimum atomic E-state index is -0.350. The lowest BCUT2D eigenvalue weighted by Gasteiger charge is -2.32. The Balaban J connectivity index is 1.46. The minimum absolute atomic E-state index is 0.116. The van der Waals surface area contributed by atoms with Crippen molar-refractivity contribution in [1.82, 2.24) is 0 Å². The zero-order chi connectivity index (χ0) is 19.2. The zero-order valence-electron chi connectivity index (χ0n) is 16.4. The summed E-state index contributed by atoms with van der Waals surface area (Å²) >= 11 is 0. The topological polar surface area (TPSA) is 27.7 Å². The molecule has 2 aliphatic heterocycles. The highest BCUT2D eigenvalue weighted by Gasteiger charge is 2.51. The van der Waals surface area contributed by atoms with Gasteiger partial charge >= 0.3 is 7.12 Å². The lowest BCUT2D eigenvalue weighted by atomic mass is 9.77. The maximum absolute atomic E-state index is 13.1. The van der Waals surface area contributed by atoms with Gasteiger partial charge < -0.3 is 14.0 Å². The lowest BCUT2D eigenvalue weighted by Crippen LogP contribution is -2.41. The van der Waals surface area contributed by atoms with Gasteiger partial charge in [0.05, 0.1) is 11.2 Å². The van der Waals surface area contributed by atoms with E-state index in [1.54, 1.807) is 0 Å². The summed E-state index contributed by atoms with van der Waals surface area (Å²) < 4.78 is 31.6. The van der Waals surface area contributed by atoms with Crippen molar-refractivity contribution in [1.29, 1.82) is 0 Å². The molecule has 1 saturated heterocycles. The van der Waals surface area contributed by atoms with Crippen LogP contribution in [0.1, 0.15) is 45.2 Å². The van der Waals surface area contributed by atoms with Gasteiger partial charge in [0, 0.05) is 6.42 Å². The Kier molecular flexibility index (Phi) is 4.56. The monoisotopic (exact) mass is 368 g/mol. The van der Waals surface area contributed by atoms with E-state index in [1.807, 2.05) is 24.3 Å². The van der Waals surface area contributed by atoms with E-state index in [4.69, 9.17) is 14.0 Å². The van der Waals surface area contributed by atoms with Crippen molar-refractivity contribution < 1.29 is 18.4 Å². The molecule has 2 aromatic rings. The lowest BCUT2D eigenvalue weighted by molar-refractivity contribution is 0.00578. The second kappa shape index (κ2) is 6.64. The van der Waals surface area contributed by atoms with Gasteiger partial charge in [-0.1, -0.05) is 24.3 Å². The standard InChI is InChI=1S/C22H26BFO3/c1-21(2)22(3,4)27-23(26-21)17-8-12-20-16(14-17)7-11-19(25-20)13-15-5-9-18(24)10-6-15/h5-6,8-10,12,14,19H,7,11,13H2,1-4H3/t19-/m0/s1. The van der Waals surface area contributed by atoms with Gasteiger partial charge in [0.25, 0.3) is 0 Å². The second-order valence-corrected chi connectivity index (χ2v) is 8.56. The smallest absolute Gasteiger partial charge is 0.490 e. The van der Waals surface area contributed by atoms with E-state index in [1.165, 1.54) is 17.7 Å². The normalized spacial score (nSPS) is 23.0. The first-order valence-corrected chi connectivity index (χ1v) is 9.63. The van der Waals surface area contributed by atoms with Crippen molar-refractivity contribution in [3.05, 3.63) is 59.4 Å². The molecule has 4 rings (SSSR count). The van der Waals surface area contributed by atoms with Gasteiger partial charge in [0.1, 0.15) is 17.7 Å². The molecule has 0 aromatic heterocycles. The fourth-order valence-corrected chi connectivity index (χ4v) is 3.62.